The van der Waals surface area contributed by atoms with Crippen molar-refractivity contribution in [2.75, 3.05) is 0 Å². The largest absolute Gasteiger partial charge is 0.458 e. The Labute approximate surface area is 402 Å². The zero-order chi connectivity index (χ0) is 46.5. The van der Waals surface area contributed by atoms with E-state index in [9.17, 15) is 0 Å². The first-order valence-corrected chi connectivity index (χ1v) is 23.5. The van der Waals surface area contributed by atoms with E-state index in [-0.39, 0.29) is 5.41 Å². The molecule has 0 N–H and O–H groups in total. The second-order valence-electron chi connectivity index (χ2n) is 18.6. The first-order valence-electron chi connectivity index (χ1n) is 23.5. The second kappa shape index (κ2) is 17.1. The lowest BCUT2D eigenvalue weighted by Crippen LogP contribution is -2.31. The molecule has 0 atom stereocenters. The van der Waals surface area contributed by atoms with Crippen LogP contribution in [0.4, 0.5) is 0 Å². The molecule has 0 radical (unpaired) electrons. The van der Waals surface area contributed by atoms with Gasteiger partial charge >= 0.3 is 0 Å². The summed E-state index contributed by atoms with van der Waals surface area (Å²) in [5.74, 6) is 1.46. The average Bonchev–Trinajstić information content (AvgIpc) is 3.95. The molecule has 0 aliphatic carbocycles. The minimum absolute atomic E-state index is 0.0497. The molecule has 0 saturated carbocycles. The third kappa shape index (κ3) is 7.64. The molecule has 0 aliphatic heterocycles. The molecule has 69 heavy (non-hydrogen) atoms. The number of benzene rings is 9. The van der Waals surface area contributed by atoms with Crippen LogP contribution < -0.4 is 9.30 Å². The predicted octanol–water partition coefficient (Wildman–Crippen LogP) is 16.0. The van der Waals surface area contributed by atoms with Crippen LogP contribution in [0, 0.1) is 6.33 Å². The Kier molecular flexibility index (Phi) is 10.3. The van der Waals surface area contributed by atoms with Crippen molar-refractivity contribution in [1.82, 2.24) is 14.1 Å². The van der Waals surface area contributed by atoms with E-state index in [1.807, 2.05) is 18.3 Å². The number of pyridine rings is 1. The van der Waals surface area contributed by atoms with Gasteiger partial charge in [0, 0.05) is 28.2 Å². The second-order valence-corrected chi connectivity index (χ2v) is 18.6. The molecule has 0 spiro atoms. The van der Waals surface area contributed by atoms with Gasteiger partial charge in [-0.15, -0.1) is 0 Å². The van der Waals surface area contributed by atoms with Crippen LogP contribution in [0.15, 0.2) is 237 Å². The number of hydrogen-bond acceptors (Lipinski definition) is 2. The van der Waals surface area contributed by atoms with Crippen molar-refractivity contribution in [2.24, 2.45) is 0 Å². The van der Waals surface area contributed by atoms with Crippen molar-refractivity contribution in [3.63, 3.8) is 0 Å². The Balaban J connectivity index is 0.970. The van der Waals surface area contributed by atoms with Crippen LogP contribution >= 0.6 is 0 Å². The van der Waals surface area contributed by atoms with Gasteiger partial charge in [-0.3, -0.25) is 14.1 Å². The first-order chi connectivity index (χ1) is 33.9. The molecular formula is C64H48N4O. The lowest BCUT2D eigenvalue weighted by Gasteiger charge is -2.20. The maximum absolute atomic E-state index is 6.84. The summed E-state index contributed by atoms with van der Waals surface area (Å²) in [6, 6.07) is 81.4. The molecule has 12 aromatic rings. The fourth-order valence-corrected chi connectivity index (χ4v) is 9.82. The first kappa shape index (κ1) is 41.6. The number of aromatic nitrogens is 4. The summed E-state index contributed by atoms with van der Waals surface area (Å²) < 4.78 is 13.6. The maximum atomic E-state index is 6.84. The van der Waals surface area contributed by atoms with Crippen LogP contribution in [0.5, 0.6) is 11.5 Å². The monoisotopic (exact) mass is 888 g/mol. The Morgan fingerprint density at radius 1 is 0.449 bits per heavy atom. The predicted molar refractivity (Wildman–Crippen MR) is 283 cm³/mol. The van der Waals surface area contributed by atoms with E-state index in [4.69, 9.17) is 9.72 Å². The van der Waals surface area contributed by atoms with Crippen molar-refractivity contribution in [1.29, 1.82) is 0 Å². The number of ether oxygens (including phenoxy) is 1. The molecule has 0 amide bonds. The number of hydrogen-bond donors (Lipinski definition) is 0. The van der Waals surface area contributed by atoms with E-state index >= 15 is 0 Å². The van der Waals surface area contributed by atoms with Gasteiger partial charge in [0.1, 0.15) is 11.5 Å². The molecule has 0 bridgehead atoms. The lowest BCUT2D eigenvalue weighted by molar-refractivity contribution is -0.571. The third-order valence-electron chi connectivity index (χ3n) is 13.2. The number of para-hydroxylation sites is 5. The molecule has 0 unspecified atom stereocenters. The molecule has 3 heterocycles. The molecule has 0 saturated heterocycles. The van der Waals surface area contributed by atoms with Gasteiger partial charge in [0.25, 0.3) is 6.33 Å². The molecule has 9 aromatic carbocycles. The van der Waals surface area contributed by atoms with Crippen molar-refractivity contribution in [3.05, 3.63) is 249 Å². The van der Waals surface area contributed by atoms with Gasteiger partial charge < -0.3 is 9.30 Å². The van der Waals surface area contributed by atoms with Gasteiger partial charge in [0.2, 0.25) is 0 Å². The SMILES string of the molecule is CC(C)(C)c1ccnc(-c2cc3c(cc2-c2cccc(Oc4cccc(-n5[c-][n+](-c6c(-c7ccccc7)cccc6-c6ccccc6)c6ccccc65)c4)c2)c2ccccc2n3-c2ccccc2)c1. The summed E-state index contributed by atoms with van der Waals surface area (Å²) in [4.78, 5) is 5.04. The van der Waals surface area contributed by atoms with Crippen molar-refractivity contribution >= 4 is 32.8 Å². The van der Waals surface area contributed by atoms with Gasteiger partial charge in [0.05, 0.1) is 39.1 Å². The van der Waals surface area contributed by atoms with Crippen LogP contribution in [0.25, 0.3) is 94.5 Å². The van der Waals surface area contributed by atoms with Crippen molar-refractivity contribution < 1.29 is 9.30 Å². The average molecular weight is 889 g/mol. The summed E-state index contributed by atoms with van der Waals surface area (Å²) >= 11 is 0. The number of nitrogens with zero attached hydrogens (tertiary/aromatic N) is 4. The Bertz CT molecular complexity index is 3790. The Morgan fingerprint density at radius 3 is 1.77 bits per heavy atom. The van der Waals surface area contributed by atoms with E-state index < -0.39 is 0 Å². The summed E-state index contributed by atoms with van der Waals surface area (Å²) in [7, 11) is 0. The van der Waals surface area contributed by atoms with E-state index in [2.05, 4.69) is 259 Å². The summed E-state index contributed by atoms with van der Waals surface area (Å²) in [5, 5.41) is 2.37. The van der Waals surface area contributed by atoms with Gasteiger partial charge in [0.15, 0.2) is 0 Å². The van der Waals surface area contributed by atoms with E-state index in [0.717, 1.165) is 95.3 Å². The highest BCUT2D eigenvalue weighted by atomic mass is 16.5. The minimum atomic E-state index is -0.0497. The quantitative estimate of drug-likeness (QED) is 0.107. The number of fused-ring (bicyclic) bond motifs is 4. The molecule has 5 nitrogen and oxygen atoms in total. The van der Waals surface area contributed by atoms with Crippen LogP contribution in [-0.2, 0) is 5.41 Å². The molecular weight excluding hydrogens is 841 g/mol. The fourth-order valence-electron chi connectivity index (χ4n) is 9.82. The highest BCUT2D eigenvalue weighted by molar-refractivity contribution is 6.12. The van der Waals surface area contributed by atoms with E-state index in [1.165, 1.54) is 16.3 Å². The summed E-state index contributed by atoms with van der Waals surface area (Å²) in [6.45, 7) is 6.75. The van der Waals surface area contributed by atoms with Gasteiger partial charge in [-0.05, 0) is 117 Å². The summed E-state index contributed by atoms with van der Waals surface area (Å²) in [6.07, 6.45) is 5.75. The fraction of sp³-hybridized carbons (Fsp3) is 0.0625. The van der Waals surface area contributed by atoms with E-state index in [1.54, 1.807) is 0 Å². The Hall–Kier alpha value is -8.80. The van der Waals surface area contributed by atoms with Crippen LogP contribution in [0.2, 0.25) is 0 Å². The van der Waals surface area contributed by atoms with Crippen molar-refractivity contribution in [2.45, 2.75) is 26.2 Å². The molecule has 12 rings (SSSR count). The zero-order valence-electron chi connectivity index (χ0n) is 38.7. The Morgan fingerprint density at radius 2 is 1.04 bits per heavy atom. The third-order valence-corrected chi connectivity index (χ3v) is 13.2. The van der Waals surface area contributed by atoms with Crippen LogP contribution in [0.1, 0.15) is 26.3 Å². The maximum Gasteiger partial charge on any atom is 0.269 e. The van der Waals surface area contributed by atoms with E-state index in [0.29, 0.717) is 0 Å². The van der Waals surface area contributed by atoms with Crippen molar-refractivity contribution in [3.8, 4) is 73.2 Å². The molecule has 3 aromatic heterocycles. The number of rotatable bonds is 9. The lowest BCUT2D eigenvalue weighted by atomic mass is 9.86. The molecule has 330 valence electrons. The standard InChI is InChI=1S/C64H48N4O/c1-64(2,3)47-36-37-65-58(39-47)56-42-62-57(54-30-13-14-33-59(54)68(62)48-25-11-6-12-26-48)41-55(56)46-24-17-28-50(38-46)69-51-29-18-27-49(40-51)66-43-67(61-35-16-15-34-60(61)66)63-52(44-20-7-4-8-21-44)31-19-32-53(63)45-22-9-5-10-23-45/h4-42H,1-3H3. The molecule has 0 aliphatic rings. The smallest absolute Gasteiger partial charge is 0.269 e. The van der Waals surface area contributed by atoms with Crippen LogP contribution in [-0.4, -0.2) is 14.1 Å². The highest BCUT2D eigenvalue weighted by Gasteiger charge is 2.22. The van der Waals surface area contributed by atoms with Gasteiger partial charge in [-0.2, -0.15) is 0 Å². The summed E-state index contributed by atoms with van der Waals surface area (Å²) in [5.41, 5.74) is 17.3. The molecule has 0 fully saturated rings. The van der Waals surface area contributed by atoms with Gasteiger partial charge in [-0.1, -0.05) is 178 Å². The minimum Gasteiger partial charge on any atom is -0.458 e. The van der Waals surface area contributed by atoms with Gasteiger partial charge in [-0.25, -0.2) is 0 Å². The zero-order valence-corrected chi connectivity index (χ0v) is 38.7. The number of imidazole rings is 1. The normalized spacial score (nSPS) is 11.7. The highest BCUT2D eigenvalue weighted by Crippen LogP contribution is 2.42. The molecule has 5 heteroatoms. The van der Waals surface area contributed by atoms with Crippen LogP contribution in [0.3, 0.4) is 0 Å². The topological polar surface area (TPSA) is 35.9 Å².